The van der Waals surface area contributed by atoms with E-state index in [0.29, 0.717) is 6.42 Å². The molecule has 0 bridgehead atoms. The summed E-state index contributed by atoms with van der Waals surface area (Å²) in [4.78, 5) is 10.6. The van der Waals surface area contributed by atoms with Crippen LogP contribution in [0.25, 0.3) is 0 Å². The number of rotatable bonds is 3. The van der Waals surface area contributed by atoms with Crippen LogP contribution in [0.15, 0.2) is 12.1 Å². The van der Waals surface area contributed by atoms with Crippen LogP contribution in [0, 0.1) is 0 Å². The van der Waals surface area contributed by atoms with E-state index in [1.165, 1.54) is 6.07 Å². The molecular weight excluding hydrogens is 222 g/mol. The highest BCUT2D eigenvalue weighted by Crippen LogP contribution is 2.35. The Morgan fingerprint density at radius 2 is 2.06 bits per heavy atom. The van der Waals surface area contributed by atoms with Gasteiger partial charge in [0.1, 0.15) is 0 Å². The predicted molar refractivity (Wildman–Crippen MR) is 61.1 cm³/mol. The highest BCUT2D eigenvalue weighted by molar-refractivity contribution is 5.66. The number of aromatic hydroxyl groups is 2. The fourth-order valence-corrected chi connectivity index (χ4v) is 2.19. The monoisotopic (exact) mass is 237 g/mol. The van der Waals surface area contributed by atoms with E-state index in [0.717, 1.165) is 24.1 Å². The first-order chi connectivity index (χ1) is 8.08. The zero-order valence-electron chi connectivity index (χ0n) is 9.31. The van der Waals surface area contributed by atoms with Crippen molar-refractivity contribution in [3.8, 4) is 11.5 Å². The van der Waals surface area contributed by atoms with Crippen molar-refractivity contribution >= 4 is 5.97 Å². The summed E-state index contributed by atoms with van der Waals surface area (Å²) in [7, 11) is 0. The van der Waals surface area contributed by atoms with Gasteiger partial charge in [0, 0.05) is 12.5 Å². The molecule has 1 aromatic carbocycles. The van der Waals surface area contributed by atoms with Gasteiger partial charge in [-0.25, -0.2) is 0 Å². The van der Waals surface area contributed by atoms with Crippen LogP contribution in [0.4, 0.5) is 0 Å². The van der Waals surface area contributed by atoms with Crippen molar-refractivity contribution in [1.82, 2.24) is 5.32 Å². The van der Waals surface area contributed by atoms with Crippen LogP contribution < -0.4 is 5.32 Å². The summed E-state index contributed by atoms with van der Waals surface area (Å²) in [6.45, 7) is 0.751. The minimum Gasteiger partial charge on any atom is -0.504 e. The Morgan fingerprint density at radius 3 is 2.76 bits per heavy atom. The van der Waals surface area contributed by atoms with Crippen LogP contribution in [0.3, 0.4) is 0 Å². The molecule has 0 fully saturated rings. The molecule has 1 aromatic rings. The first-order valence-corrected chi connectivity index (χ1v) is 5.58. The summed E-state index contributed by atoms with van der Waals surface area (Å²) in [5, 5.41) is 30.8. The molecule has 92 valence electrons. The number of carbonyl (C=O) groups is 1. The number of hydrogen-bond donors (Lipinski definition) is 4. The maximum atomic E-state index is 10.6. The second-order valence-corrected chi connectivity index (χ2v) is 4.23. The molecule has 1 aliphatic heterocycles. The Labute approximate surface area is 98.7 Å². The molecule has 4 N–H and O–H groups in total. The van der Waals surface area contributed by atoms with E-state index in [1.54, 1.807) is 6.07 Å². The number of benzene rings is 1. The van der Waals surface area contributed by atoms with E-state index in [2.05, 4.69) is 5.32 Å². The fourth-order valence-electron chi connectivity index (χ4n) is 2.19. The summed E-state index contributed by atoms with van der Waals surface area (Å²) < 4.78 is 0. The molecule has 0 spiro atoms. The standard InChI is InChI=1S/C12H15NO4/c14-10-5-7-3-4-13-9(1-2-12(16)17)8(7)6-11(10)15/h5-6,9,13-15H,1-4H2,(H,16,17). The van der Waals surface area contributed by atoms with E-state index in [-0.39, 0.29) is 24.0 Å². The van der Waals surface area contributed by atoms with Crippen LogP contribution in [0.2, 0.25) is 0 Å². The van der Waals surface area contributed by atoms with E-state index >= 15 is 0 Å². The lowest BCUT2D eigenvalue weighted by Gasteiger charge is -2.27. The van der Waals surface area contributed by atoms with Crippen molar-refractivity contribution < 1.29 is 20.1 Å². The number of aliphatic carboxylic acids is 1. The third-order valence-electron chi connectivity index (χ3n) is 3.04. The molecule has 1 unspecified atom stereocenters. The average molecular weight is 237 g/mol. The largest absolute Gasteiger partial charge is 0.504 e. The van der Waals surface area contributed by atoms with E-state index in [4.69, 9.17) is 5.11 Å². The van der Waals surface area contributed by atoms with E-state index in [1.807, 2.05) is 0 Å². The quantitative estimate of drug-likeness (QED) is 0.592. The predicted octanol–water partition coefficient (Wildman–Crippen LogP) is 1.15. The molecule has 0 aliphatic carbocycles. The van der Waals surface area contributed by atoms with Gasteiger partial charge < -0.3 is 20.6 Å². The van der Waals surface area contributed by atoms with Crippen molar-refractivity contribution in [2.24, 2.45) is 0 Å². The average Bonchev–Trinajstić information content (AvgIpc) is 2.28. The normalized spacial score (nSPS) is 18.7. The molecule has 1 heterocycles. The number of phenols is 2. The first-order valence-electron chi connectivity index (χ1n) is 5.58. The number of hydrogen-bond acceptors (Lipinski definition) is 4. The summed E-state index contributed by atoms with van der Waals surface area (Å²) in [5.41, 5.74) is 1.85. The molecule has 0 radical (unpaired) electrons. The minimum atomic E-state index is -0.832. The minimum absolute atomic E-state index is 0.0682. The third-order valence-corrected chi connectivity index (χ3v) is 3.04. The van der Waals surface area contributed by atoms with Crippen molar-refractivity contribution in [2.75, 3.05) is 6.54 Å². The molecule has 0 aromatic heterocycles. The van der Waals surface area contributed by atoms with Crippen molar-refractivity contribution in [3.63, 3.8) is 0 Å². The van der Waals surface area contributed by atoms with Gasteiger partial charge in [-0.3, -0.25) is 4.79 Å². The second-order valence-electron chi connectivity index (χ2n) is 4.23. The zero-order valence-corrected chi connectivity index (χ0v) is 9.31. The highest BCUT2D eigenvalue weighted by atomic mass is 16.4. The fraction of sp³-hybridized carbons (Fsp3) is 0.417. The Bertz CT molecular complexity index is 444. The molecule has 1 aliphatic rings. The molecule has 1 atom stereocenters. The Hall–Kier alpha value is -1.75. The number of nitrogens with one attached hydrogen (secondary N) is 1. The Morgan fingerprint density at radius 1 is 1.35 bits per heavy atom. The van der Waals surface area contributed by atoms with Gasteiger partial charge in [-0.1, -0.05) is 0 Å². The molecule has 5 heteroatoms. The molecule has 0 saturated carbocycles. The molecule has 5 nitrogen and oxygen atoms in total. The maximum Gasteiger partial charge on any atom is 0.303 e. The summed E-state index contributed by atoms with van der Waals surface area (Å²) in [6, 6.07) is 3.00. The van der Waals surface area contributed by atoms with Gasteiger partial charge in [0.25, 0.3) is 0 Å². The molecule has 0 saturated heterocycles. The summed E-state index contributed by atoms with van der Waals surface area (Å²) in [5.74, 6) is -1.11. The lowest BCUT2D eigenvalue weighted by atomic mass is 9.91. The van der Waals surface area contributed by atoms with Crippen molar-refractivity contribution in [1.29, 1.82) is 0 Å². The van der Waals surface area contributed by atoms with Gasteiger partial charge in [0.2, 0.25) is 0 Å². The maximum absolute atomic E-state index is 10.6. The van der Waals surface area contributed by atoms with Gasteiger partial charge in [0.15, 0.2) is 11.5 Å². The van der Waals surface area contributed by atoms with Crippen LogP contribution in [0.1, 0.15) is 30.0 Å². The van der Waals surface area contributed by atoms with Gasteiger partial charge >= 0.3 is 5.97 Å². The summed E-state index contributed by atoms with van der Waals surface area (Å²) in [6.07, 6.45) is 1.33. The van der Waals surface area contributed by atoms with Crippen LogP contribution in [0.5, 0.6) is 11.5 Å². The number of carboxylic acids is 1. The van der Waals surface area contributed by atoms with Crippen LogP contribution >= 0.6 is 0 Å². The van der Waals surface area contributed by atoms with Gasteiger partial charge in [-0.05, 0) is 42.6 Å². The lowest BCUT2D eigenvalue weighted by Crippen LogP contribution is -2.30. The topological polar surface area (TPSA) is 89.8 Å². The zero-order chi connectivity index (χ0) is 12.4. The third kappa shape index (κ3) is 2.50. The van der Waals surface area contributed by atoms with E-state index in [9.17, 15) is 15.0 Å². The summed E-state index contributed by atoms with van der Waals surface area (Å²) >= 11 is 0. The van der Waals surface area contributed by atoms with Gasteiger partial charge in [-0.15, -0.1) is 0 Å². The van der Waals surface area contributed by atoms with Gasteiger partial charge in [-0.2, -0.15) is 0 Å². The van der Waals surface area contributed by atoms with Crippen molar-refractivity contribution in [2.45, 2.75) is 25.3 Å². The number of phenolic OH excluding ortho intramolecular Hbond substituents is 2. The molecular formula is C12H15NO4. The number of carboxylic acid groups (broad SMARTS) is 1. The lowest BCUT2D eigenvalue weighted by molar-refractivity contribution is -0.137. The molecule has 17 heavy (non-hydrogen) atoms. The van der Waals surface area contributed by atoms with Crippen LogP contribution in [-0.4, -0.2) is 27.8 Å². The molecule has 2 rings (SSSR count). The SMILES string of the molecule is O=C(O)CCC1NCCc2cc(O)c(O)cc21. The highest BCUT2D eigenvalue weighted by Gasteiger charge is 2.22. The van der Waals surface area contributed by atoms with Gasteiger partial charge in [0.05, 0.1) is 0 Å². The molecule has 0 amide bonds. The Kier molecular flexibility index (Phi) is 3.19. The van der Waals surface area contributed by atoms with Crippen LogP contribution in [-0.2, 0) is 11.2 Å². The smallest absolute Gasteiger partial charge is 0.303 e. The Balaban J connectivity index is 2.24. The second kappa shape index (κ2) is 4.63. The number of fused-ring (bicyclic) bond motifs is 1. The first kappa shape index (κ1) is 11.7. The van der Waals surface area contributed by atoms with E-state index < -0.39 is 5.97 Å². The van der Waals surface area contributed by atoms with Crippen molar-refractivity contribution in [3.05, 3.63) is 23.3 Å².